The van der Waals surface area contributed by atoms with E-state index in [-0.39, 0.29) is 4.90 Å². The summed E-state index contributed by atoms with van der Waals surface area (Å²) in [5, 5.41) is 3.13. The van der Waals surface area contributed by atoms with Gasteiger partial charge in [-0.05, 0) is 30.7 Å². The molecule has 0 atom stereocenters. The largest absolute Gasteiger partial charge is 0.385 e. The van der Waals surface area contributed by atoms with E-state index in [0.29, 0.717) is 0 Å². The quantitative estimate of drug-likeness (QED) is 0.662. The number of sulfonamides is 1. The second-order valence-corrected chi connectivity index (χ2v) is 5.51. The van der Waals surface area contributed by atoms with Crippen molar-refractivity contribution in [3.05, 3.63) is 24.3 Å². The molecule has 0 heterocycles. The molecule has 7 heteroatoms. The summed E-state index contributed by atoms with van der Waals surface area (Å²) in [7, 11) is -3.67. The maximum Gasteiger partial charge on any atom is 0.241 e. The van der Waals surface area contributed by atoms with Crippen LogP contribution in [0.4, 0.5) is 5.69 Å². The lowest BCUT2D eigenvalue weighted by molar-refractivity contribution is -0.116. The molecule has 18 heavy (non-hydrogen) atoms. The van der Waals surface area contributed by atoms with Crippen LogP contribution in [0.25, 0.3) is 0 Å². The van der Waals surface area contributed by atoms with Gasteiger partial charge in [0.2, 0.25) is 15.9 Å². The van der Waals surface area contributed by atoms with Crippen LogP contribution in [-0.4, -0.2) is 27.4 Å². The molecule has 1 aromatic carbocycles. The molecule has 1 aromatic rings. The maximum atomic E-state index is 11.7. The Labute approximate surface area is 107 Å². The Hall–Kier alpha value is -1.60. The highest BCUT2D eigenvalue weighted by atomic mass is 32.2. The predicted octanol–water partition coefficient (Wildman–Crippen LogP) is 0.272. The third kappa shape index (κ3) is 4.34. The Morgan fingerprint density at radius 2 is 1.89 bits per heavy atom. The number of hydrogen-bond acceptors (Lipinski definition) is 4. The van der Waals surface area contributed by atoms with Crippen molar-refractivity contribution in [1.29, 1.82) is 0 Å². The summed E-state index contributed by atoms with van der Waals surface area (Å²) >= 11 is 0. The fourth-order valence-corrected chi connectivity index (χ4v) is 2.26. The standard InChI is InChI=1S/C11H17N3O3S/c1-2-7-13-9-3-5-10(6-4-9)18(16,17)14-8-11(12)15/h3-6,13-14H,2,7-8H2,1H3,(H2,12,15). The summed E-state index contributed by atoms with van der Waals surface area (Å²) in [4.78, 5) is 10.6. The first-order chi connectivity index (χ1) is 8.45. The molecule has 6 nitrogen and oxygen atoms in total. The molecule has 100 valence electrons. The van der Waals surface area contributed by atoms with E-state index in [9.17, 15) is 13.2 Å². The van der Waals surface area contributed by atoms with E-state index in [1.807, 2.05) is 6.92 Å². The van der Waals surface area contributed by atoms with E-state index >= 15 is 0 Å². The minimum absolute atomic E-state index is 0.103. The van der Waals surface area contributed by atoms with Crippen molar-refractivity contribution >= 4 is 21.6 Å². The van der Waals surface area contributed by atoms with Crippen LogP contribution >= 0.6 is 0 Å². The average Bonchev–Trinajstić information content (AvgIpc) is 2.34. The van der Waals surface area contributed by atoms with Gasteiger partial charge in [0.1, 0.15) is 0 Å². The van der Waals surface area contributed by atoms with Crippen LogP contribution in [0.3, 0.4) is 0 Å². The summed E-state index contributed by atoms with van der Waals surface area (Å²) < 4.78 is 25.6. The van der Waals surface area contributed by atoms with Gasteiger partial charge in [-0.3, -0.25) is 4.79 Å². The number of nitrogens with two attached hydrogens (primary N) is 1. The molecule has 0 saturated heterocycles. The number of carbonyl (C=O) groups excluding carboxylic acids is 1. The van der Waals surface area contributed by atoms with Gasteiger partial charge >= 0.3 is 0 Å². The van der Waals surface area contributed by atoms with E-state index in [2.05, 4.69) is 10.0 Å². The summed E-state index contributed by atoms with van der Waals surface area (Å²) in [6, 6.07) is 6.30. The molecule has 0 fully saturated rings. The smallest absolute Gasteiger partial charge is 0.241 e. The first kappa shape index (κ1) is 14.5. The number of rotatable bonds is 7. The summed E-state index contributed by atoms with van der Waals surface area (Å²) in [5.74, 6) is -0.722. The van der Waals surface area contributed by atoms with Gasteiger partial charge in [0.25, 0.3) is 0 Å². The Morgan fingerprint density at radius 3 is 2.39 bits per heavy atom. The highest BCUT2D eigenvalue weighted by Gasteiger charge is 2.14. The zero-order chi connectivity index (χ0) is 13.6. The van der Waals surface area contributed by atoms with E-state index in [1.165, 1.54) is 12.1 Å². The summed E-state index contributed by atoms with van der Waals surface area (Å²) in [6.45, 7) is 2.46. The zero-order valence-corrected chi connectivity index (χ0v) is 11.0. The van der Waals surface area contributed by atoms with Crippen molar-refractivity contribution in [1.82, 2.24) is 4.72 Å². The van der Waals surface area contributed by atoms with Crippen molar-refractivity contribution in [3.63, 3.8) is 0 Å². The highest BCUT2D eigenvalue weighted by Crippen LogP contribution is 2.13. The van der Waals surface area contributed by atoms with Gasteiger partial charge < -0.3 is 11.1 Å². The molecule has 1 amide bonds. The van der Waals surface area contributed by atoms with Crippen LogP contribution in [0, 0.1) is 0 Å². The van der Waals surface area contributed by atoms with Gasteiger partial charge in [0.15, 0.2) is 0 Å². The molecule has 0 aliphatic rings. The number of anilines is 1. The lowest BCUT2D eigenvalue weighted by Crippen LogP contribution is -2.33. The average molecular weight is 271 g/mol. The normalized spacial score (nSPS) is 11.2. The van der Waals surface area contributed by atoms with E-state index in [0.717, 1.165) is 18.7 Å². The minimum atomic E-state index is -3.67. The Morgan fingerprint density at radius 1 is 1.28 bits per heavy atom. The van der Waals surface area contributed by atoms with Gasteiger partial charge in [0, 0.05) is 12.2 Å². The molecule has 0 unspecified atom stereocenters. The van der Waals surface area contributed by atoms with Crippen LogP contribution in [0.15, 0.2) is 29.2 Å². The Bertz CT molecular complexity index is 497. The fraction of sp³-hybridized carbons (Fsp3) is 0.364. The molecule has 0 spiro atoms. The second kappa shape index (κ2) is 6.36. The van der Waals surface area contributed by atoms with Crippen LogP contribution in [0.5, 0.6) is 0 Å². The van der Waals surface area contributed by atoms with E-state index < -0.39 is 22.5 Å². The molecule has 0 saturated carbocycles. The lowest BCUT2D eigenvalue weighted by Gasteiger charge is -2.07. The highest BCUT2D eigenvalue weighted by molar-refractivity contribution is 7.89. The number of primary amides is 1. The molecule has 1 rings (SSSR count). The van der Waals surface area contributed by atoms with Gasteiger partial charge in [-0.2, -0.15) is 0 Å². The van der Waals surface area contributed by atoms with Gasteiger partial charge in [-0.25, -0.2) is 13.1 Å². The number of nitrogens with one attached hydrogen (secondary N) is 2. The van der Waals surface area contributed by atoms with Crippen molar-refractivity contribution in [3.8, 4) is 0 Å². The third-order valence-corrected chi connectivity index (χ3v) is 3.60. The number of benzene rings is 1. The first-order valence-corrected chi connectivity index (χ1v) is 7.06. The van der Waals surface area contributed by atoms with Crippen LogP contribution in [0.1, 0.15) is 13.3 Å². The molecular weight excluding hydrogens is 254 g/mol. The lowest BCUT2D eigenvalue weighted by atomic mass is 10.3. The van der Waals surface area contributed by atoms with Gasteiger partial charge in [0.05, 0.1) is 11.4 Å². The van der Waals surface area contributed by atoms with E-state index in [1.54, 1.807) is 12.1 Å². The number of amides is 1. The molecular formula is C11H17N3O3S. The predicted molar refractivity (Wildman–Crippen MR) is 69.6 cm³/mol. The Balaban J connectivity index is 2.74. The first-order valence-electron chi connectivity index (χ1n) is 5.57. The Kier molecular flexibility index (Phi) is 5.11. The number of carbonyl (C=O) groups is 1. The number of hydrogen-bond donors (Lipinski definition) is 3. The van der Waals surface area contributed by atoms with E-state index in [4.69, 9.17) is 5.73 Å². The van der Waals surface area contributed by atoms with Gasteiger partial charge in [-0.15, -0.1) is 0 Å². The third-order valence-electron chi connectivity index (χ3n) is 2.18. The van der Waals surface area contributed by atoms with Crippen LogP contribution < -0.4 is 15.8 Å². The second-order valence-electron chi connectivity index (χ2n) is 3.74. The summed E-state index contributed by atoms with van der Waals surface area (Å²) in [6.07, 6.45) is 0.986. The molecule has 0 radical (unpaired) electrons. The minimum Gasteiger partial charge on any atom is -0.385 e. The van der Waals surface area contributed by atoms with Crippen molar-refractivity contribution in [2.24, 2.45) is 5.73 Å². The van der Waals surface area contributed by atoms with Crippen LogP contribution in [-0.2, 0) is 14.8 Å². The van der Waals surface area contributed by atoms with Gasteiger partial charge in [-0.1, -0.05) is 6.92 Å². The fourth-order valence-electron chi connectivity index (χ4n) is 1.27. The zero-order valence-electron chi connectivity index (χ0n) is 10.1. The monoisotopic (exact) mass is 271 g/mol. The SMILES string of the molecule is CCCNc1ccc(S(=O)(=O)NCC(N)=O)cc1. The van der Waals surface area contributed by atoms with Crippen molar-refractivity contribution < 1.29 is 13.2 Å². The topological polar surface area (TPSA) is 101 Å². The van der Waals surface area contributed by atoms with Crippen LogP contribution in [0.2, 0.25) is 0 Å². The molecule has 0 aliphatic carbocycles. The molecule has 0 bridgehead atoms. The van der Waals surface area contributed by atoms with Crippen molar-refractivity contribution in [2.45, 2.75) is 18.2 Å². The molecule has 0 aliphatic heterocycles. The molecule has 4 N–H and O–H groups in total. The molecule has 0 aromatic heterocycles. The maximum absolute atomic E-state index is 11.7. The van der Waals surface area contributed by atoms with Crippen molar-refractivity contribution in [2.75, 3.05) is 18.4 Å². The summed E-state index contributed by atoms with van der Waals surface area (Å²) in [5.41, 5.74) is 5.73.